The number of alkyl halides is 3. The van der Waals surface area contributed by atoms with Gasteiger partial charge in [0.05, 0.1) is 21.2 Å². The number of sulfonamides is 1. The first-order valence-corrected chi connectivity index (χ1v) is 16.5. The molecular weight excluding hydrogens is 651 g/mol. The molecule has 248 valence electrons. The predicted molar refractivity (Wildman–Crippen MR) is 176 cm³/mol. The summed E-state index contributed by atoms with van der Waals surface area (Å²) in [5, 5.41) is 2.30. The van der Waals surface area contributed by atoms with E-state index >= 15 is 0 Å². The zero-order valence-corrected chi connectivity index (χ0v) is 27.6. The minimum Gasteiger partial charge on any atom is -0.350 e. The Bertz CT molecular complexity index is 1780. The third-order valence-corrected chi connectivity index (χ3v) is 9.24. The van der Waals surface area contributed by atoms with Gasteiger partial charge in [-0.05, 0) is 62.2 Å². The van der Waals surface area contributed by atoms with E-state index in [0.717, 1.165) is 17.7 Å². The van der Waals surface area contributed by atoms with Gasteiger partial charge in [0, 0.05) is 18.5 Å². The molecule has 0 aliphatic heterocycles. The molecular formula is C35H35ClF3N3O4S. The van der Waals surface area contributed by atoms with Crippen LogP contribution in [0.5, 0.6) is 0 Å². The molecule has 0 saturated heterocycles. The number of amides is 2. The first kappa shape index (κ1) is 35.5. The van der Waals surface area contributed by atoms with E-state index in [1.165, 1.54) is 29.2 Å². The van der Waals surface area contributed by atoms with Crippen LogP contribution in [0.2, 0.25) is 5.02 Å². The average molecular weight is 686 g/mol. The molecule has 47 heavy (non-hydrogen) atoms. The van der Waals surface area contributed by atoms with Crippen LogP contribution in [0.25, 0.3) is 0 Å². The van der Waals surface area contributed by atoms with Crippen LogP contribution < -0.4 is 9.62 Å². The molecule has 0 radical (unpaired) electrons. The Morgan fingerprint density at radius 1 is 0.809 bits per heavy atom. The Kier molecular flexibility index (Phi) is 11.0. The summed E-state index contributed by atoms with van der Waals surface area (Å²) in [5.74, 6) is -1.28. The summed E-state index contributed by atoms with van der Waals surface area (Å²) < 4.78 is 70.4. The van der Waals surface area contributed by atoms with Gasteiger partial charge in [0.1, 0.15) is 12.6 Å². The lowest BCUT2D eigenvalue weighted by Gasteiger charge is -2.35. The average Bonchev–Trinajstić information content (AvgIpc) is 3.01. The quantitative estimate of drug-likeness (QED) is 0.182. The number of nitrogens with one attached hydrogen (secondary N) is 1. The normalized spacial score (nSPS) is 12.7. The molecule has 0 fully saturated rings. The number of hydrogen-bond donors (Lipinski definition) is 1. The highest BCUT2D eigenvalue weighted by atomic mass is 35.5. The van der Waals surface area contributed by atoms with Crippen molar-refractivity contribution in [2.45, 2.75) is 56.4 Å². The van der Waals surface area contributed by atoms with Gasteiger partial charge in [-0.15, -0.1) is 0 Å². The number of carbonyl (C=O) groups excluding carboxylic acids is 2. The maximum absolute atomic E-state index is 14.5. The van der Waals surface area contributed by atoms with E-state index in [0.29, 0.717) is 15.9 Å². The van der Waals surface area contributed by atoms with Crippen LogP contribution >= 0.6 is 11.6 Å². The van der Waals surface area contributed by atoms with Gasteiger partial charge in [-0.1, -0.05) is 90.5 Å². The lowest BCUT2D eigenvalue weighted by Crippen LogP contribution is -2.56. The van der Waals surface area contributed by atoms with E-state index in [1.807, 2.05) is 6.07 Å². The Labute approximate surface area is 278 Å². The summed E-state index contributed by atoms with van der Waals surface area (Å²) in [6, 6.07) is 26.5. The van der Waals surface area contributed by atoms with Crippen LogP contribution in [0.15, 0.2) is 114 Å². The lowest BCUT2D eigenvalue weighted by molar-refractivity contribution is -0.140. The van der Waals surface area contributed by atoms with E-state index in [1.54, 1.807) is 81.4 Å². The van der Waals surface area contributed by atoms with Gasteiger partial charge in [0.25, 0.3) is 10.0 Å². The topological polar surface area (TPSA) is 86.8 Å². The van der Waals surface area contributed by atoms with E-state index in [-0.39, 0.29) is 17.9 Å². The van der Waals surface area contributed by atoms with E-state index in [2.05, 4.69) is 5.32 Å². The number of anilines is 1. The molecule has 4 aromatic rings. The summed E-state index contributed by atoms with van der Waals surface area (Å²) in [6.07, 6.45) is -4.81. The molecule has 4 rings (SSSR count). The maximum atomic E-state index is 14.5. The second-order valence-electron chi connectivity index (χ2n) is 11.9. The number of hydrogen-bond acceptors (Lipinski definition) is 4. The number of benzene rings is 4. The molecule has 12 heteroatoms. The molecule has 0 heterocycles. The second kappa shape index (κ2) is 14.6. The maximum Gasteiger partial charge on any atom is 0.417 e. The number of halogens is 4. The van der Waals surface area contributed by atoms with Gasteiger partial charge in [-0.2, -0.15) is 13.2 Å². The SMILES string of the molecule is CC(C)(C)NC(=O)[C@H](Cc1ccccc1)N(Cc1ccccc1)C(=O)CN(c1ccc(Cl)c(C(F)(F)F)c1)S(=O)(=O)c1ccccc1. The first-order chi connectivity index (χ1) is 22.1. The molecule has 0 spiro atoms. The molecule has 1 atom stereocenters. The Morgan fingerprint density at radius 3 is 1.87 bits per heavy atom. The van der Waals surface area contributed by atoms with Gasteiger partial charge in [-0.3, -0.25) is 13.9 Å². The van der Waals surface area contributed by atoms with Crippen LogP contribution in [-0.4, -0.2) is 43.3 Å². The van der Waals surface area contributed by atoms with Crippen molar-refractivity contribution >= 4 is 39.1 Å². The van der Waals surface area contributed by atoms with Crippen molar-refractivity contribution in [1.29, 1.82) is 0 Å². The van der Waals surface area contributed by atoms with Crippen LogP contribution in [0, 0.1) is 0 Å². The number of carbonyl (C=O) groups is 2. The van der Waals surface area contributed by atoms with Gasteiger partial charge in [-0.25, -0.2) is 8.42 Å². The summed E-state index contributed by atoms with van der Waals surface area (Å²) in [4.78, 5) is 29.4. The fraction of sp³-hybridized carbons (Fsp3) is 0.257. The predicted octanol–water partition coefficient (Wildman–Crippen LogP) is 7.11. The molecule has 0 bridgehead atoms. The fourth-order valence-electron chi connectivity index (χ4n) is 4.92. The highest BCUT2D eigenvalue weighted by molar-refractivity contribution is 7.92. The molecule has 0 aliphatic rings. The Morgan fingerprint density at radius 2 is 1.34 bits per heavy atom. The first-order valence-electron chi connectivity index (χ1n) is 14.7. The highest BCUT2D eigenvalue weighted by Crippen LogP contribution is 2.38. The third kappa shape index (κ3) is 9.36. The van der Waals surface area contributed by atoms with Crippen molar-refractivity contribution in [3.05, 3.63) is 131 Å². The molecule has 2 amide bonds. The van der Waals surface area contributed by atoms with E-state index in [4.69, 9.17) is 11.6 Å². The van der Waals surface area contributed by atoms with Crippen molar-refractivity contribution in [3.8, 4) is 0 Å². The fourth-order valence-corrected chi connectivity index (χ4v) is 6.57. The highest BCUT2D eigenvalue weighted by Gasteiger charge is 2.38. The number of rotatable bonds is 11. The van der Waals surface area contributed by atoms with Crippen LogP contribution in [0.4, 0.5) is 18.9 Å². The monoisotopic (exact) mass is 685 g/mol. The molecule has 1 N–H and O–H groups in total. The Hall–Kier alpha value is -4.35. The summed E-state index contributed by atoms with van der Waals surface area (Å²) in [5.41, 5.74) is -0.949. The summed E-state index contributed by atoms with van der Waals surface area (Å²) in [6.45, 7) is 4.39. The van der Waals surface area contributed by atoms with Gasteiger partial charge in [0.2, 0.25) is 11.8 Å². The van der Waals surface area contributed by atoms with Gasteiger partial charge in [0.15, 0.2) is 0 Å². The smallest absolute Gasteiger partial charge is 0.350 e. The molecule has 0 saturated carbocycles. The van der Waals surface area contributed by atoms with Crippen molar-refractivity contribution in [1.82, 2.24) is 10.2 Å². The Balaban J connectivity index is 1.86. The molecule has 0 aliphatic carbocycles. The van der Waals surface area contributed by atoms with Crippen molar-refractivity contribution in [2.75, 3.05) is 10.8 Å². The lowest BCUT2D eigenvalue weighted by atomic mass is 10.0. The standard InChI is InChI=1S/C35H35ClF3N3O4S/c1-34(2,3)40-33(44)31(21-25-13-7-4-8-14-25)41(23-26-15-9-5-10-16-26)32(43)24-42(47(45,46)28-17-11-6-12-18-28)27-19-20-30(36)29(22-27)35(37,38)39/h4-20,22,31H,21,23-24H2,1-3H3,(H,40,44)/t31-/m0/s1. The van der Waals surface area contributed by atoms with Crippen molar-refractivity contribution < 1.29 is 31.2 Å². The minimum absolute atomic E-state index is 0.0810. The van der Waals surface area contributed by atoms with E-state index in [9.17, 15) is 31.2 Å². The second-order valence-corrected chi connectivity index (χ2v) is 14.2. The van der Waals surface area contributed by atoms with E-state index < -0.39 is 62.4 Å². The zero-order valence-electron chi connectivity index (χ0n) is 26.0. The molecule has 0 unspecified atom stereocenters. The van der Waals surface area contributed by atoms with Crippen LogP contribution in [0.1, 0.15) is 37.5 Å². The zero-order chi connectivity index (χ0) is 34.4. The summed E-state index contributed by atoms with van der Waals surface area (Å²) in [7, 11) is -4.59. The number of nitrogens with zero attached hydrogens (tertiary/aromatic N) is 2. The van der Waals surface area contributed by atoms with Crippen molar-refractivity contribution in [2.24, 2.45) is 0 Å². The van der Waals surface area contributed by atoms with Gasteiger partial charge >= 0.3 is 6.18 Å². The van der Waals surface area contributed by atoms with Crippen LogP contribution in [-0.2, 0) is 38.8 Å². The molecule has 4 aromatic carbocycles. The van der Waals surface area contributed by atoms with Crippen LogP contribution in [0.3, 0.4) is 0 Å². The molecule has 0 aromatic heterocycles. The largest absolute Gasteiger partial charge is 0.417 e. The van der Waals surface area contributed by atoms with Gasteiger partial charge < -0.3 is 10.2 Å². The third-order valence-electron chi connectivity index (χ3n) is 7.12. The minimum atomic E-state index is -4.90. The molecule has 7 nitrogen and oxygen atoms in total. The van der Waals surface area contributed by atoms with Crippen molar-refractivity contribution in [3.63, 3.8) is 0 Å². The summed E-state index contributed by atoms with van der Waals surface area (Å²) >= 11 is 5.86.